The van der Waals surface area contributed by atoms with Gasteiger partial charge in [-0.1, -0.05) is 6.42 Å². The third-order valence-corrected chi connectivity index (χ3v) is 5.99. The van der Waals surface area contributed by atoms with Crippen molar-refractivity contribution in [1.82, 2.24) is 20.0 Å². The van der Waals surface area contributed by atoms with E-state index >= 15 is 0 Å². The summed E-state index contributed by atoms with van der Waals surface area (Å²) < 4.78 is 5.49. The molecule has 3 heterocycles. The van der Waals surface area contributed by atoms with Crippen LogP contribution in [0.2, 0.25) is 0 Å². The van der Waals surface area contributed by atoms with E-state index in [2.05, 4.69) is 20.1 Å². The van der Waals surface area contributed by atoms with Crippen LogP contribution in [0.25, 0.3) is 0 Å². The molecule has 2 unspecified atom stereocenters. The zero-order chi connectivity index (χ0) is 19.1. The molecule has 0 saturated carbocycles. The highest BCUT2D eigenvalue weighted by Gasteiger charge is 2.28. The van der Waals surface area contributed by atoms with Crippen LogP contribution in [-0.4, -0.2) is 99.7 Å². The van der Waals surface area contributed by atoms with E-state index in [0.29, 0.717) is 11.8 Å². The quantitative estimate of drug-likeness (QED) is 0.548. The monoisotopic (exact) mass is 379 g/mol. The first-order chi connectivity index (χ1) is 13.1. The van der Waals surface area contributed by atoms with Gasteiger partial charge in [0.15, 0.2) is 5.96 Å². The summed E-state index contributed by atoms with van der Waals surface area (Å²) in [6.45, 7) is 8.57. The van der Waals surface area contributed by atoms with Crippen LogP contribution in [-0.2, 0) is 9.53 Å². The lowest BCUT2D eigenvalue weighted by atomic mass is 10.1. The lowest BCUT2D eigenvalue weighted by Gasteiger charge is -2.29. The summed E-state index contributed by atoms with van der Waals surface area (Å²) in [5.74, 6) is 2.20. The Morgan fingerprint density at radius 3 is 2.67 bits per heavy atom. The predicted octanol–water partition coefficient (Wildman–Crippen LogP) is 0.865. The van der Waals surface area contributed by atoms with E-state index in [1.807, 2.05) is 0 Å². The van der Waals surface area contributed by atoms with Gasteiger partial charge in [-0.15, -0.1) is 0 Å². The number of guanidine groups is 1. The summed E-state index contributed by atoms with van der Waals surface area (Å²) in [6.07, 6.45) is 6.40. The third kappa shape index (κ3) is 6.35. The van der Waals surface area contributed by atoms with Crippen molar-refractivity contribution in [1.29, 1.82) is 0 Å². The van der Waals surface area contributed by atoms with Crippen LogP contribution in [0, 0.1) is 11.8 Å². The Morgan fingerprint density at radius 2 is 1.96 bits per heavy atom. The average molecular weight is 380 g/mol. The van der Waals surface area contributed by atoms with Crippen LogP contribution in [0.5, 0.6) is 0 Å². The molecule has 0 aromatic carbocycles. The summed E-state index contributed by atoms with van der Waals surface area (Å²) >= 11 is 0. The third-order valence-electron chi connectivity index (χ3n) is 5.99. The normalized spacial score (nSPS) is 27.2. The number of likely N-dealkylation sites (N-methyl/N-ethyl adjacent to an activating group) is 1. The van der Waals surface area contributed by atoms with Crippen molar-refractivity contribution in [2.75, 3.05) is 73.1 Å². The molecule has 0 radical (unpaired) electrons. The van der Waals surface area contributed by atoms with Crippen LogP contribution in [0.15, 0.2) is 4.99 Å². The number of carbonyl (C=O) groups excluding carboxylic acids is 1. The second kappa shape index (κ2) is 10.3. The van der Waals surface area contributed by atoms with Gasteiger partial charge in [0.25, 0.3) is 0 Å². The number of amides is 1. The molecule has 2 atom stereocenters. The Labute approximate surface area is 164 Å². The molecule has 3 aliphatic rings. The Morgan fingerprint density at radius 1 is 1.15 bits per heavy atom. The van der Waals surface area contributed by atoms with Crippen molar-refractivity contribution < 1.29 is 9.53 Å². The molecule has 154 valence electrons. The molecule has 0 aromatic heterocycles. The van der Waals surface area contributed by atoms with Crippen molar-refractivity contribution >= 4 is 11.9 Å². The number of hydrogen-bond acceptors (Lipinski definition) is 4. The zero-order valence-electron chi connectivity index (χ0n) is 17.2. The highest BCUT2D eigenvalue weighted by molar-refractivity contribution is 5.85. The maximum atomic E-state index is 12.0. The molecular weight excluding hydrogens is 342 g/mol. The van der Waals surface area contributed by atoms with Gasteiger partial charge in [0.2, 0.25) is 5.91 Å². The second-order valence-electron chi connectivity index (χ2n) is 8.50. The Balaban J connectivity index is 1.53. The maximum absolute atomic E-state index is 12.0. The van der Waals surface area contributed by atoms with Gasteiger partial charge >= 0.3 is 0 Å². The van der Waals surface area contributed by atoms with Gasteiger partial charge in [-0.2, -0.15) is 0 Å². The van der Waals surface area contributed by atoms with Gasteiger partial charge in [-0.25, -0.2) is 4.99 Å². The van der Waals surface area contributed by atoms with Crippen molar-refractivity contribution in [3.05, 3.63) is 0 Å². The zero-order valence-corrected chi connectivity index (χ0v) is 17.2. The first kappa shape index (κ1) is 20.4. The second-order valence-corrected chi connectivity index (χ2v) is 8.50. The predicted molar refractivity (Wildman–Crippen MR) is 108 cm³/mol. The number of likely N-dealkylation sites (tertiary alicyclic amines) is 2. The van der Waals surface area contributed by atoms with E-state index in [9.17, 15) is 4.79 Å². The van der Waals surface area contributed by atoms with Crippen molar-refractivity contribution in [2.45, 2.75) is 32.1 Å². The molecule has 0 aliphatic carbocycles. The molecule has 7 nitrogen and oxygen atoms in total. The fourth-order valence-electron chi connectivity index (χ4n) is 4.21. The standard InChI is InChI=1S/C20H37N5O2/c1-23(2)19(26)13-22-20(21-12-17-7-11-27-16-17)25-10-6-18(15-25)14-24-8-4-3-5-9-24/h17-18H,3-16H2,1-2H3,(H,21,22). The van der Waals surface area contributed by atoms with E-state index in [1.165, 1.54) is 45.3 Å². The number of nitrogens with zero attached hydrogens (tertiary/aromatic N) is 4. The van der Waals surface area contributed by atoms with Gasteiger partial charge in [-0.3, -0.25) is 4.79 Å². The largest absolute Gasteiger partial charge is 0.381 e. The van der Waals surface area contributed by atoms with Gasteiger partial charge in [-0.05, 0) is 44.7 Å². The number of rotatable bonds is 6. The van der Waals surface area contributed by atoms with Gasteiger partial charge < -0.3 is 24.8 Å². The van der Waals surface area contributed by atoms with Crippen LogP contribution in [0.3, 0.4) is 0 Å². The molecule has 27 heavy (non-hydrogen) atoms. The first-order valence-corrected chi connectivity index (χ1v) is 10.7. The van der Waals surface area contributed by atoms with E-state index in [4.69, 9.17) is 4.74 Å². The molecule has 1 amide bonds. The first-order valence-electron chi connectivity index (χ1n) is 10.7. The Bertz CT molecular complexity index is 499. The molecule has 0 bridgehead atoms. The average Bonchev–Trinajstić information content (AvgIpc) is 3.34. The number of hydrogen-bond donors (Lipinski definition) is 1. The molecule has 7 heteroatoms. The molecule has 1 N–H and O–H groups in total. The minimum absolute atomic E-state index is 0.0440. The summed E-state index contributed by atoms with van der Waals surface area (Å²) in [4.78, 5) is 23.2. The number of nitrogens with one attached hydrogen (secondary N) is 1. The summed E-state index contributed by atoms with van der Waals surface area (Å²) in [6, 6.07) is 0. The van der Waals surface area contributed by atoms with Crippen molar-refractivity contribution in [2.24, 2.45) is 16.8 Å². The minimum Gasteiger partial charge on any atom is -0.381 e. The summed E-state index contributed by atoms with van der Waals surface area (Å²) in [7, 11) is 3.57. The molecule has 0 aromatic rings. The molecule has 3 saturated heterocycles. The Kier molecular flexibility index (Phi) is 7.76. The number of piperidine rings is 1. The molecule has 3 aliphatic heterocycles. The fourth-order valence-corrected chi connectivity index (χ4v) is 4.21. The van der Waals surface area contributed by atoms with E-state index < -0.39 is 0 Å². The summed E-state index contributed by atoms with van der Waals surface area (Å²) in [5, 5.41) is 3.53. The van der Waals surface area contributed by atoms with Crippen LogP contribution < -0.4 is 5.32 Å². The molecule has 0 spiro atoms. The topological polar surface area (TPSA) is 60.4 Å². The number of ether oxygens (including phenoxy) is 1. The molecule has 3 fully saturated rings. The van der Waals surface area contributed by atoms with Crippen LogP contribution in [0.1, 0.15) is 32.1 Å². The maximum Gasteiger partial charge on any atom is 0.243 e. The fraction of sp³-hybridized carbons (Fsp3) is 0.900. The lowest BCUT2D eigenvalue weighted by Crippen LogP contribution is -2.43. The lowest BCUT2D eigenvalue weighted by molar-refractivity contribution is -0.127. The highest BCUT2D eigenvalue weighted by Crippen LogP contribution is 2.20. The Hall–Kier alpha value is -1.34. The van der Waals surface area contributed by atoms with Gasteiger partial charge in [0.1, 0.15) is 6.54 Å². The van der Waals surface area contributed by atoms with Crippen LogP contribution >= 0.6 is 0 Å². The van der Waals surface area contributed by atoms with Crippen molar-refractivity contribution in [3.8, 4) is 0 Å². The van der Waals surface area contributed by atoms with Crippen LogP contribution in [0.4, 0.5) is 0 Å². The highest BCUT2D eigenvalue weighted by atomic mass is 16.5. The molecular formula is C20H37N5O2. The smallest absolute Gasteiger partial charge is 0.243 e. The van der Waals surface area contributed by atoms with Gasteiger partial charge in [0.05, 0.1) is 6.61 Å². The molecule has 3 rings (SSSR count). The number of aliphatic imine (C=N–C) groups is 1. The van der Waals surface area contributed by atoms with E-state index in [0.717, 1.165) is 45.2 Å². The van der Waals surface area contributed by atoms with E-state index in [-0.39, 0.29) is 12.5 Å². The SMILES string of the molecule is CN(C)C(=O)CN=C(NCC1CCOC1)N1CCC(CN2CCCCC2)C1. The van der Waals surface area contributed by atoms with Gasteiger partial charge in [0, 0.05) is 52.8 Å². The van der Waals surface area contributed by atoms with Crippen molar-refractivity contribution in [3.63, 3.8) is 0 Å². The minimum atomic E-state index is 0.0440. The number of carbonyl (C=O) groups is 1. The summed E-state index contributed by atoms with van der Waals surface area (Å²) in [5.41, 5.74) is 0. The van der Waals surface area contributed by atoms with E-state index in [1.54, 1.807) is 19.0 Å².